The first-order valence-corrected chi connectivity index (χ1v) is 4.93. The molecule has 0 saturated carbocycles. The van der Waals surface area contributed by atoms with E-state index in [4.69, 9.17) is 0 Å². The molecule has 0 atom stereocenters. The number of rotatable bonds is 1. The van der Waals surface area contributed by atoms with Crippen molar-refractivity contribution in [2.45, 2.75) is 12.1 Å². The number of hydrogen-bond donors (Lipinski definition) is 1. The lowest BCUT2D eigenvalue weighted by molar-refractivity contribution is 0.787. The van der Waals surface area contributed by atoms with Gasteiger partial charge in [0.15, 0.2) is 10.8 Å². The van der Waals surface area contributed by atoms with Gasteiger partial charge in [0.1, 0.15) is 0 Å². The lowest BCUT2D eigenvalue weighted by Crippen LogP contribution is -2.19. The van der Waals surface area contributed by atoms with Crippen molar-refractivity contribution >= 4 is 17.4 Å². The minimum atomic E-state index is -0.248. The van der Waals surface area contributed by atoms with Crippen molar-refractivity contribution in [3.63, 3.8) is 0 Å². The fourth-order valence-electron chi connectivity index (χ4n) is 1.07. The Bertz CT molecular complexity index is 501. The average Bonchev–Trinajstić information content (AvgIpc) is 2.48. The van der Waals surface area contributed by atoms with E-state index in [2.05, 4.69) is 15.1 Å². The second-order valence-corrected chi connectivity index (χ2v) is 3.41. The quantitative estimate of drug-likeness (QED) is 0.672. The molecule has 2 aromatic heterocycles. The van der Waals surface area contributed by atoms with Crippen LogP contribution in [0.15, 0.2) is 16.1 Å². The second-order valence-electron chi connectivity index (χ2n) is 2.61. The van der Waals surface area contributed by atoms with E-state index in [9.17, 15) is 4.79 Å². The Kier molecular flexibility index (Phi) is 1.84. The first-order chi connectivity index (χ1) is 6.22. The van der Waals surface area contributed by atoms with Gasteiger partial charge in [-0.05, 0) is 13.2 Å². The van der Waals surface area contributed by atoms with Crippen molar-refractivity contribution in [2.24, 2.45) is 0 Å². The fraction of sp³-hybridized carbons (Fsp3) is 0.286. The van der Waals surface area contributed by atoms with Gasteiger partial charge >= 0.3 is 5.69 Å². The highest BCUT2D eigenvalue weighted by atomic mass is 32.2. The summed E-state index contributed by atoms with van der Waals surface area (Å²) in [6.45, 7) is 1.87. The van der Waals surface area contributed by atoms with Gasteiger partial charge in [0.2, 0.25) is 0 Å². The van der Waals surface area contributed by atoms with Crippen molar-refractivity contribution in [3.8, 4) is 0 Å². The zero-order valence-corrected chi connectivity index (χ0v) is 8.05. The van der Waals surface area contributed by atoms with Crippen molar-refractivity contribution in [1.82, 2.24) is 19.6 Å². The molecule has 0 spiro atoms. The van der Waals surface area contributed by atoms with E-state index in [1.807, 2.05) is 13.2 Å². The van der Waals surface area contributed by atoms with Crippen LogP contribution in [0.2, 0.25) is 0 Å². The molecule has 1 N–H and O–H groups in total. The zero-order chi connectivity index (χ0) is 9.42. The summed E-state index contributed by atoms with van der Waals surface area (Å²) in [6, 6.07) is 0. The molecule has 0 aliphatic carbocycles. The van der Waals surface area contributed by atoms with Crippen LogP contribution in [0, 0.1) is 6.92 Å². The highest BCUT2D eigenvalue weighted by molar-refractivity contribution is 7.98. The molecule has 0 unspecified atom stereocenters. The third-order valence-corrected chi connectivity index (χ3v) is 2.31. The van der Waals surface area contributed by atoms with Gasteiger partial charge < -0.3 is 0 Å². The first-order valence-electron chi connectivity index (χ1n) is 3.71. The van der Waals surface area contributed by atoms with Crippen LogP contribution in [0.1, 0.15) is 5.56 Å². The molecule has 0 fully saturated rings. The van der Waals surface area contributed by atoms with Gasteiger partial charge in [-0.15, -0.1) is 0 Å². The van der Waals surface area contributed by atoms with E-state index in [-0.39, 0.29) is 5.69 Å². The summed E-state index contributed by atoms with van der Waals surface area (Å²) in [6.07, 6.45) is 3.49. The Morgan fingerprint density at radius 3 is 3.08 bits per heavy atom. The molecular weight excluding hydrogens is 188 g/mol. The maximum atomic E-state index is 11.4. The molecular formula is C7H8N4OS. The predicted octanol–water partition coefficient (Wildman–Crippen LogP) is 0.448. The smallest absolute Gasteiger partial charge is 0.285 e. The largest absolute Gasteiger partial charge is 0.350 e. The molecule has 0 amide bonds. The molecule has 0 aliphatic rings. The minimum Gasteiger partial charge on any atom is -0.285 e. The number of fused-ring (bicyclic) bond motifs is 1. The van der Waals surface area contributed by atoms with Crippen LogP contribution in [0.5, 0.6) is 0 Å². The lowest BCUT2D eigenvalue weighted by atomic mass is 10.4. The highest BCUT2D eigenvalue weighted by Crippen LogP contribution is 2.08. The van der Waals surface area contributed by atoms with E-state index >= 15 is 0 Å². The van der Waals surface area contributed by atoms with Crippen molar-refractivity contribution in [1.29, 1.82) is 0 Å². The van der Waals surface area contributed by atoms with Crippen LogP contribution >= 0.6 is 11.8 Å². The summed E-state index contributed by atoms with van der Waals surface area (Å²) >= 11 is 1.40. The first kappa shape index (κ1) is 8.31. The summed E-state index contributed by atoms with van der Waals surface area (Å²) in [5, 5.41) is 4.51. The average molecular weight is 196 g/mol. The molecule has 0 aromatic carbocycles. The van der Waals surface area contributed by atoms with Crippen LogP contribution in [-0.4, -0.2) is 25.8 Å². The highest BCUT2D eigenvalue weighted by Gasteiger charge is 2.05. The lowest BCUT2D eigenvalue weighted by Gasteiger charge is -1.96. The summed E-state index contributed by atoms with van der Waals surface area (Å²) < 4.78 is 1.26. The van der Waals surface area contributed by atoms with Crippen LogP contribution in [0.25, 0.3) is 5.65 Å². The summed E-state index contributed by atoms with van der Waals surface area (Å²) in [7, 11) is 0. The topological polar surface area (TPSA) is 63.1 Å². The Balaban J connectivity index is 2.88. The Morgan fingerprint density at radius 1 is 1.62 bits per heavy atom. The summed E-state index contributed by atoms with van der Waals surface area (Å²) in [5.74, 6) is 0. The molecule has 0 aliphatic heterocycles. The molecule has 0 bridgehead atoms. The van der Waals surface area contributed by atoms with Crippen LogP contribution in [0.3, 0.4) is 0 Å². The number of H-pyrrole nitrogens is 1. The molecule has 68 valence electrons. The molecule has 0 radical (unpaired) electrons. The second kappa shape index (κ2) is 2.88. The van der Waals surface area contributed by atoms with Gasteiger partial charge in [-0.25, -0.2) is 9.78 Å². The van der Waals surface area contributed by atoms with E-state index in [1.54, 1.807) is 6.20 Å². The molecule has 2 rings (SSSR count). The van der Waals surface area contributed by atoms with Gasteiger partial charge in [-0.2, -0.15) is 9.61 Å². The molecule has 2 aromatic rings. The molecule has 13 heavy (non-hydrogen) atoms. The normalized spacial score (nSPS) is 10.9. The van der Waals surface area contributed by atoms with Gasteiger partial charge in [0.05, 0.1) is 6.20 Å². The molecule has 2 heterocycles. The number of aromatic nitrogens is 4. The van der Waals surface area contributed by atoms with Crippen molar-refractivity contribution in [2.75, 3.05) is 6.26 Å². The zero-order valence-electron chi connectivity index (χ0n) is 7.24. The number of thioether (sulfide) groups is 1. The number of hydrogen-bond acceptors (Lipinski definition) is 4. The van der Waals surface area contributed by atoms with Crippen molar-refractivity contribution < 1.29 is 0 Å². The van der Waals surface area contributed by atoms with Gasteiger partial charge in [0.25, 0.3) is 0 Å². The van der Waals surface area contributed by atoms with E-state index < -0.39 is 0 Å². The molecule has 5 nitrogen and oxygen atoms in total. The fourth-order valence-corrected chi connectivity index (χ4v) is 1.44. The summed E-state index contributed by atoms with van der Waals surface area (Å²) in [4.78, 5) is 18.2. The van der Waals surface area contributed by atoms with Crippen molar-refractivity contribution in [3.05, 3.63) is 22.2 Å². The Labute approximate surface area is 78.2 Å². The van der Waals surface area contributed by atoms with E-state index in [0.717, 1.165) is 5.56 Å². The number of nitrogens with one attached hydrogen (secondary N) is 1. The predicted molar refractivity (Wildman–Crippen MR) is 50.1 cm³/mol. The van der Waals surface area contributed by atoms with Gasteiger partial charge in [-0.3, -0.25) is 4.98 Å². The minimum absolute atomic E-state index is 0.248. The van der Waals surface area contributed by atoms with Crippen LogP contribution < -0.4 is 5.69 Å². The van der Waals surface area contributed by atoms with E-state index in [1.165, 1.54) is 16.3 Å². The maximum absolute atomic E-state index is 11.4. The number of nitrogens with zero attached hydrogens (tertiary/aromatic N) is 3. The molecule has 0 saturated heterocycles. The van der Waals surface area contributed by atoms with Crippen LogP contribution in [0.4, 0.5) is 0 Å². The number of aryl methyl sites for hydroxylation is 1. The van der Waals surface area contributed by atoms with Gasteiger partial charge in [0, 0.05) is 5.56 Å². The summed E-state index contributed by atoms with van der Waals surface area (Å²) in [5.41, 5.74) is 1.27. The Hall–Kier alpha value is -1.30. The maximum Gasteiger partial charge on any atom is 0.350 e. The van der Waals surface area contributed by atoms with Crippen LogP contribution in [-0.2, 0) is 0 Å². The third-order valence-electron chi connectivity index (χ3n) is 1.73. The van der Waals surface area contributed by atoms with E-state index in [0.29, 0.717) is 10.8 Å². The SMILES string of the molecule is CSc1nc2c(C)cnn2c(=O)[nH]1. The standard InChI is InChI=1S/C7H8N4OS/c1-4-3-8-11-5(4)9-6(13-2)10-7(11)12/h3H,1-2H3,(H,9,10,12). The third kappa shape index (κ3) is 1.23. The monoisotopic (exact) mass is 196 g/mol. The van der Waals surface area contributed by atoms with Gasteiger partial charge in [-0.1, -0.05) is 11.8 Å². The number of aromatic amines is 1. The molecule has 6 heteroatoms. The Morgan fingerprint density at radius 2 is 2.38 bits per heavy atom.